The summed E-state index contributed by atoms with van der Waals surface area (Å²) in [5.74, 6) is 1.66. The highest BCUT2D eigenvalue weighted by molar-refractivity contribution is 5.90. The van der Waals surface area contributed by atoms with Crippen molar-refractivity contribution in [3.8, 4) is 0 Å². The number of aryl methyl sites for hydroxylation is 1. The second-order valence-corrected chi connectivity index (χ2v) is 7.01. The molecule has 1 aliphatic heterocycles. The van der Waals surface area contributed by atoms with Crippen LogP contribution in [0.5, 0.6) is 0 Å². The highest BCUT2D eigenvalue weighted by Crippen LogP contribution is 2.19. The Morgan fingerprint density at radius 1 is 1.30 bits per heavy atom. The molecule has 0 saturated carbocycles. The van der Waals surface area contributed by atoms with E-state index in [1.807, 2.05) is 26.0 Å². The number of allylic oxidation sites excluding steroid dienone is 4. The van der Waals surface area contributed by atoms with E-state index in [1.165, 1.54) is 11.1 Å². The standard InChI is InChI=1S/C21H28N6/c1-4-15(7-9-17-12-24-20(25-17)13(2)22)5-6-16-8-10-18-19(11-16)27-21(26-18)14(3)23/h4,7-11,13-14H,1,5-6,12,22-23H2,2-3H3,(H,24,25)(H,26,27)/b15-7+,17-9+/t13-,14-/m0/s1. The topological polar surface area (TPSA) is 105 Å². The van der Waals surface area contributed by atoms with Crippen molar-refractivity contribution in [3.63, 3.8) is 0 Å². The minimum Gasteiger partial charge on any atom is -0.345 e. The quantitative estimate of drug-likeness (QED) is 0.567. The van der Waals surface area contributed by atoms with Gasteiger partial charge in [0.25, 0.3) is 0 Å². The lowest BCUT2D eigenvalue weighted by Crippen LogP contribution is -2.34. The van der Waals surface area contributed by atoms with E-state index in [0.717, 1.165) is 41.2 Å². The van der Waals surface area contributed by atoms with Crippen LogP contribution in [-0.4, -0.2) is 28.4 Å². The lowest BCUT2D eigenvalue weighted by Gasteiger charge is -2.06. The van der Waals surface area contributed by atoms with Crippen molar-refractivity contribution in [1.82, 2.24) is 15.3 Å². The number of aliphatic imine (C=N–C) groups is 1. The summed E-state index contributed by atoms with van der Waals surface area (Å²) in [7, 11) is 0. The molecule has 3 rings (SSSR count). The van der Waals surface area contributed by atoms with E-state index in [4.69, 9.17) is 11.5 Å². The largest absolute Gasteiger partial charge is 0.345 e. The molecule has 0 amide bonds. The number of H-pyrrole nitrogens is 1. The average Bonchev–Trinajstić information content (AvgIpc) is 3.28. The van der Waals surface area contributed by atoms with Crippen LogP contribution in [-0.2, 0) is 6.42 Å². The van der Waals surface area contributed by atoms with Crippen molar-refractivity contribution < 1.29 is 0 Å². The van der Waals surface area contributed by atoms with Crippen LogP contribution in [0.15, 0.2) is 59.3 Å². The van der Waals surface area contributed by atoms with Crippen LogP contribution < -0.4 is 16.8 Å². The molecule has 0 aliphatic carbocycles. The number of nitrogens with two attached hydrogens (primary N) is 2. The summed E-state index contributed by atoms with van der Waals surface area (Å²) in [6.07, 6.45) is 7.90. The van der Waals surface area contributed by atoms with Crippen LogP contribution in [0.2, 0.25) is 0 Å². The fourth-order valence-electron chi connectivity index (χ4n) is 2.96. The second kappa shape index (κ2) is 8.33. The summed E-state index contributed by atoms with van der Waals surface area (Å²) >= 11 is 0. The van der Waals surface area contributed by atoms with Gasteiger partial charge in [0.1, 0.15) is 11.7 Å². The van der Waals surface area contributed by atoms with Crippen molar-refractivity contribution in [2.45, 2.75) is 38.8 Å². The molecule has 1 aromatic heterocycles. The number of benzene rings is 1. The Balaban J connectivity index is 1.64. The summed E-state index contributed by atoms with van der Waals surface area (Å²) in [6.45, 7) is 8.44. The molecule has 2 atom stereocenters. The van der Waals surface area contributed by atoms with Crippen molar-refractivity contribution in [1.29, 1.82) is 0 Å². The van der Waals surface area contributed by atoms with E-state index in [-0.39, 0.29) is 12.1 Å². The van der Waals surface area contributed by atoms with Crippen LogP contribution in [0.1, 0.15) is 37.7 Å². The molecule has 2 aromatic rings. The van der Waals surface area contributed by atoms with Crippen LogP contribution in [0.4, 0.5) is 0 Å². The number of nitrogens with one attached hydrogen (secondary N) is 2. The van der Waals surface area contributed by atoms with Crippen LogP contribution in [0, 0.1) is 0 Å². The average molecular weight is 364 g/mol. The predicted octanol–water partition coefficient (Wildman–Crippen LogP) is 2.86. The van der Waals surface area contributed by atoms with Crippen molar-refractivity contribution in [2.75, 3.05) is 6.54 Å². The molecule has 0 unspecified atom stereocenters. The Morgan fingerprint density at radius 2 is 2.11 bits per heavy atom. The predicted molar refractivity (Wildman–Crippen MR) is 112 cm³/mol. The van der Waals surface area contributed by atoms with E-state index < -0.39 is 0 Å². The number of imidazole rings is 1. The van der Waals surface area contributed by atoms with E-state index in [2.05, 4.69) is 51.1 Å². The Hall–Kier alpha value is -2.70. The first-order valence-corrected chi connectivity index (χ1v) is 9.29. The third kappa shape index (κ3) is 4.72. The molecule has 6 heteroatoms. The van der Waals surface area contributed by atoms with Gasteiger partial charge in [-0.05, 0) is 56.0 Å². The summed E-state index contributed by atoms with van der Waals surface area (Å²) in [5.41, 5.74) is 17.2. The summed E-state index contributed by atoms with van der Waals surface area (Å²) in [5, 5.41) is 3.26. The van der Waals surface area contributed by atoms with Gasteiger partial charge in [-0.3, -0.25) is 4.99 Å². The Labute approximate surface area is 160 Å². The van der Waals surface area contributed by atoms with Gasteiger partial charge in [-0.25, -0.2) is 4.98 Å². The SMILES string of the molecule is C=C/C(=C\C=C1/CN=C([C@H](C)N)N1)CCc1ccc2nc([C@H](C)N)[nH]c2c1. The Morgan fingerprint density at radius 3 is 2.78 bits per heavy atom. The first kappa shape index (κ1) is 19.1. The van der Waals surface area contributed by atoms with Crippen molar-refractivity contribution >= 4 is 16.9 Å². The lowest BCUT2D eigenvalue weighted by molar-refractivity contribution is 0.760. The molecule has 6 N–H and O–H groups in total. The van der Waals surface area contributed by atoms with Gasteiger partial charge in [-0.15, -0.1) is 0 Å². The Kier molecular flexibility index (Phi) is 5.88. The van der Waals surface area contributed by atoms with Gasteiger partial charge in [0, 0.05) is 5.70 Å². The van der Waals surface area contributed by atoms with Gasteiger partial charge in [-0.1, -0.05) is 24.8 Å². The molecule has 0 fully saturated rings. The maximum Gasteiger partial charge on any atom is 0.123 e. The zero-order valence-electron chi connectivity index (χ0n) is 16.0. The zero-order chi connectivity index (χ0) is 19.4. The molecule has 27 heavy (non-hydrogen) atoms. The van der Waals surface area contributed by atoms with Gasteiger partial charge < -0.3 is 21.8 Å². The van der Waals surface area contributed by atoms with Gasteiger partial charge in [0.2, 0.25) is 0 Å². The van der Waals surface area contributed by atoms with Crippen molar-refractivity contribution in [2.24, 2.45) is 16.5 Å². The van der Waals surface area contributed by atoms with E-state index >= 15 is 0 Å². The number of hydrogen-bond acceptors (Lipinski definition) is 5. The van der Waals surface area contributed by atoms with Crippen LogP contribution >= 0.6 is 0 Å². The number of aromatic nitrogens is 2. The van der Waals surface area contributed by atoms with E-state index in [1.54, 1.807) is 0 Å². The first-order valence-electron chi connectivity index (χ1n) is 9.29. The van der Waals surface area contributed by atoms with Crippen LogP contribution in [0.25, 0.3) is 11.0 Å². The number of fused-ring (bicyclic) bond motifs is 1. The van der Waals surface area contributed by atoms with Crippen molar-refractivity contribution in [3.05, 3.63) is 65.7 Å². The van der Waals surface area contributed by atoms with Gasteiger partial charge in [0.15, 0.2) is 0 Å². The third-order valence-corrected chi connectivity index (χ3v) is 4.60. The number of amidine groups is 1. The molecular weight excluding hydrogens is 336 g/mol. The number of rotatable bonds is 7. The fourth-order valence-corrected chi connectivity index (χ4v) is 2.96. The highest BCUT2D eigenvalue weighted by Gasteiger charge is 2.13. The monoisotopic (exact) mass is 364 g/mol. The smallest absolute Gasteiger partial charge is 0.123 e. The molecular formula is C21H28N6. The molecule has 6 nitrogen and oxygen atoms in total. The fraction of sp³-hybridized carbons (Fsp3) is 0.333. The maximum absolute atomic E-state index is 5.90. The van der Waals surface area contributed by atoms with Crippen LogP contribution in [0.3, 0.4) is 0 Å². The molecule has 1 aromatic carbocycles. The first-order chi connectivity index (χ1) is 13.0. The van der Waals surface area contributed by atoms with E-state index in [9.17, 15) is 0 Å². The summed E-state index contributed by atoms with van der Waals surface area (Å²) in [6, 6.07) is 6.14. The zero-order valence-corrected chi connectivity index (χ0v) is 16.0. The third-order valence-electron chi connectivity index (χ3n) is 4.60. The number of aromatic amines is 1. The van der Waals surface area contributed by atoms with Gasteiger partial charge in [0.05, 0.1) is 29.7 Å². The minimum atomic E-state index is -0.0971. The highest BCUT2D eigenvalue weighted by atomic mass is 15.1. The minimum absolute atomic E-state index is 0.0704. The number of hydrogen-bond donors (Lipinski definition) is 4. The molecule has 0 bridgehead atoms. The molecule has 2 heterocycles. The molecule has 142 valence electrons. The summed E-state index contributed by atoms with van der Waals surface area (Å²) < 4.78 is 0. The Bertz CT molecular complexity index is 914. The lowest BCUT2D eigenvalue weighted by atomic mass is 10.0. The van der Waals surface area contributed by atoms with E-state index in [0.29, 0.717) is 6.54 Å². The molecule has 0 saturated heterocycles. The van der Waals surface area contributed by atoms with Gasteiger partial charge >= 0.3 is 0 Å². The second-order valence-electron chi connectivity index (χ2n) is 7.01. The molecule has 0 radical (unpaired) electrons. The summed E-state index contributed by atoms with van der Waals surface area (Å²) in [4.78, 5) is 12.2. The van der Waals surface area contributed by atoms with Gasteiger partial charge in [-0.2, -0.15) is 0 Å². The normalized spacial score (nSPS) is 18.4. The maximum atomic E-state index is 5.90. The number of nitrogens with zero attached hydrogens (tertiary/aromatic N) is 2. The molecule has 0 spiro atoms. The molecule has 1 aliphatic rings.